The van der Waals surface area contributed by atoms with E-state index in [-0.39, 0.29) is 28.6 Å². The maximum Gasteiger partial charge on any atom is 0.272 e. The number of carbonyl (C=O) groups is 2. The molecule has 9 heteroatoms. The summed E-state index contributed by atoms with van der Waals surface area (Å²) in [5.74, 6) is -0.533. The van der Waals surface area contributed by atoms with Crippen molar-refractivity contribution >= 4 is 34.7 Å². The summed E-state index contributed by atoms with van der Waals surface area (Å²) in [6, 6.07) is 8.19. The van der Waals surface area contributed by atoms with Crippen LogP contribution >= 0.6 is 11.6 Å². The summed E-state index contributed by atoms with van der Waals surface area (Å²) < 4.78 is 1.21. The molecule has 1 saturated heterocycles. The average molecular weight is 400 g/mol. The van der Waals surface area contributed by atoms with Gasteiger partial charge in [0.2, 0.25) is 5.91 Å². The highest BCUT2D eigenvalue weighted by molar-refractivity contribution is 6.31. The fourth-order valence-corrected chi connectivity index (χ4v) is 3.61. The van der Waals surface area contributed by atoms with Crippen molar-refractivity contribution in [3.8, 4) is 0 Å². The zero-order valence-corrected chi connectivity index (χ0v) is 15.9. The molecular weight excluding hydrogens is 382 g/mol. The topological polar surface area (TPSA) is 99.6 Å². The quantitative estimate of drug-likeness (QED) is 0.702. The van der Waals surface area contributed by atoms with Crippen molar-refractivity contribution in [2.75, 3.05) is 18.4 Å². The van der Waals surface area contributed by atoms with Gasteiger partial charge in [-0.2, -0.15) is 0 Å². The van der Waals surface area contributed by atoms with Gasteiger partial charge in [0, 0.05) is 48.4 Å². The van der Waals surface area contributed by atoms with E-state index < -0.39 is 5.91 Å². The number of nitrogens with zero attached hydrogens (tertiary/aromatic N) is 3. The lowest BCUT2D eigenvalue weighted by Gasteiger charge is -2.13. The molecule has 144 valence electrons. The molecule has 0 aliphatic carbocycles. The highest BCUT2D eigenvalue weighted by Crippen LogP contribution is 2.26. The van der Waals surface area contributed by atoms with Crippen LogP contribution in [0.3, 0.4) is 0 Å². The standard InChI is InChI=1S/C19H18ClN5O3/c1-2-24-10-11(6-16(24)26)15-8-17(27)25-18(23-15)14(9-21-25)19(28)22-13-5-3-4-12(20)7-13/h3-5,7-9,11,21H,2,6,10H2,1H3,(H,22,28)/t11-/m0/s1. The number of halogens is 1. The summed E-state index contributed by atoms with van der Waals surface area (Å²) in [7, 11) is 0. The van der Waals surface area contributed by atoms with Gasteiger partial charge in [-0.3, -0.25) is 19.5 Å². The number of nitrogens with one attached hydrogen (secondary N) is 2. The fourth-order valence-electron chi connectivity index (χ4n) is 3.42. The molecule has 2 amide bonds. The Morgan fingerprint density at radius 2 is 2.18 bits per heavy atom. The Labute approximate surface area is 165 Å². The highest BCUT2D eigenvalue weighted by Gasteiger charge is 2.31. The Hall–Kier alpha value is -3.13. The van der Waals surface area contributed by atoms with Gasteiger partial charge in [-0.1, -0.05) is 17.7 Å². The molecule has 1 fully saturated rings. The molecule has 8 nitrogen and oxygen atoms in total. The number of hydrogen-bond donors (Lipinski definition) is 2. The fraction of sp³-hybridized carbons (Fsp3) is 0.263. The number of H-pyrrole nitrogens is 1. The SMILES string of the molecule is CCN1C[C@@H](c2cc(=O)n3[nH]cc(C(=O)Nc4cccc(Cl)c4)c3n2)CC1=O. The van der Waals surface area contributed by atoms with Crippen LogP contribution in [0.1, 0.15) is 35.3 Å². The van der Waals surface area contributed by atoms with Gasteiger partial charge < -0.3 is 10.2 Å². The number of amides is 2. The molecule has 4 rings (SSSR count). The smallest absolute Gasteiger partial charge is 0.272 e. The maximum atomic E-state index is 12.7. The van der Waals surface area contributed by atoms with Crippen molar-refractivity contribution in [1.82, 2.24) is 19.5 Å². The molecule has 1 aromatic carbocycles. The third kappa shape index (κ3) is 3.27. The van der Waals surface area contributed by atoms with Gasteiger partial charge in [0.15, 0.2) is 5.65 Å². The Morgan fingerprint density at radius 3 is 2.89 bits per heavy atom. The molecule has 0 radical (unpaired) electrons. The second kappa shape index (κ2) is 7.12. The Kier molecular flexibility index (Phi) is 4.64. The van der Waals surface area contributed by atoms with Crippen molar-refractivity contribution < 1.29 is 9.59 Å². The second-order valence-electron chi connectivity index (χ2n) is 6.66. The van der Waals surface area contributed by atoms with E-state index in [0.29, 0.717) is 35.9 Å². The normalized spacial score (nSPS) is 16.7. The van der Waals surface area contributed by atoms with Crippen LogP contribution in [-0.2, 0) is 4.79 Å². The van der Waals surface area contributed by atoms with E-state index in [1.807, 2.05) is 6.92 Å². The van der Waals surface area contributed by atoms with E-state index in [1.165, 1.54) is 16.8 Å². The predicted octanol–water partition coefficient (Wildman–Crippen LogP) is 2.26. The number of anilines is 1. The van der Waals surface area contributed by atoms with Crippen molar-refractivity contribution in [1.29, 1.82) is 0 Å². The van der Waals surface area contributed by atoms with E-state index in [1.54, 1.807) is 29.2 Å². The van der Waals surface area contributed by atoms with Crippen molar-refractivity contribution in [3.05, 3.63) is 63.2 Å². The van der Waals surface area contributed by atoms with Crippen LogP contribution in [0, 0.1) is 0 Å². The molecule has 3 aromatic rings. The first-order valence-corrected chi connectivity index (χ1v) is 9.30. The number of fused-ring (bicyclic) bond motifs is 1. The number of rotatable bonds is 4. The molecule has 28 heavy (non-hydrogen) atoms. The van der Waals surface area contributed by atoms with E-state index in [2.05, 4.69) is 15.4 Å². The first kappa shape index (κ1) is 18.2. The van der Waals surface area contributed by atoms with Crippen LogP contribution in [0.25, 0.3) is 5.65 Å². The lowest BCUT2D eigenvalue weighted by atomic mass is 10.0. The molecular formula is C19H18ClN5O3. The van der Waals surface area contributed by atoms with E-state index in [0.717, 1.165) is 0 Å². The van der Waals surface area contributed by atoms with E-state index in [9.17, 15) is 14.4 Å². The molecule has 1 atom stereocenters. The molecule has 0 spiro atoms. The van der Waals surface area contributed by atoms with Crippen molar-refractivity contribution in [2.24, 2.45) is 0 Å². The largest absolute Gasteiger partial charge is 0.342 e. The molecule has 2 aromatic heterocycles. The predicted molar refractivity (Wildman–Crippen MR) is 105 cm³/mol. The van der Waals surface area contributed by atoms with Crippen molar-refractivity contribution in [2.45, 2.75) is 19.3 Å². The minimum atomic E-state index is -0.414. The number of likely N-dealkylation sites (tertiary alicyclic amines) is 1. The summed E-state index contributed by atoms with van der Waals surface area (Å²) in [6.07, 6.45) is 1.75. The third-order valence-electron chi connectivity index (χ3n) is 4.86. The van der Waals surface area contributed by atoms with Crippen LogP contribution in [0.2, 0.25) is 5.02 Å². The van der Waals surface area contributed by atoms with Crippen molar-refractivity contribution in [3.63, 3.8) is 0 Å². The summed E-state index contributed by atoms with van der Waals surface area (Å²) in [6.45, 7) is 3.05. The van der Waals surface area contributed by atoms with Gasteiger partial charge in [-0.25, -0.2) is 9.50 Å². The monoisotopic (exact) mass is 399 g/mol. The van der Waals surface area contributed by atoms with Crippen LogP contribution < -0.4 is 10.9 Å². The summed E-state index contributed by atoms with van der Waals surface area (Å²) in [5, 5.41) is 6.01. The molecule has 0 bridgehead atoms. The molecule has 1 aliphatic rings. The Bertz CT molecular complexity index is 1140. The Balaban J connectivity index is 1.68. The zero-order valence-electron chi connectivity index (χ0n) is 15.1. The number of hydrogen-bond acceptors (Lipinski definition) is 4. The van der Waals surface area contributed by atoms with Crippen LogP contribution in [0.15, 0.2) is 41.3 Å². The Morgan fingerprint density at radius 1 is 1.36 bits per heavy atom. The number of aromatic amines is 1. The van der Waals surface area contributed by atoms with Crippen LogP contribution in [0.4, 0.5) is 5.69 Å². The molecule has 2 N–H and O–H groups in total. The van der Waals surface area contributed by atoms with Gasteiger partial charge in [0.1, 0.15) is 5.56 Å². The average Bonchev–Trinajstić information content (AvgIpc) is 3.25. The number of benzene rings is 1. The molecule has 1 aliphatic heterocycles. The summed E-state index contributed by atoms with van der Waals surface area (Å²) >= 11 is 5.95. The zero-order chi connectivity index (χ0) is 19.8. The van der Waals surface area contributed by atoms with E-state index >= 15 is 0 Å². The van der Waals surface area contributed by atoms with E-state index in [4.69, 9.17) is 11.6 Å². The van der Waals surface area contributed by atoms with Crippen LogP contribution in [-0.4, -0.2) is 44.4 Å². The second-order valence-corrected chi connectivity index (χ2v) is 7.10. The summed E-state index contributed by atoms with van der Waals surface area (Å²) in [5.41, 5.74) is 1.19. The number of aromatic nitrogens is 3. The molecule has 0 unspecified atom stereocenters. The molecule has 3 heterocycles. The third-order valence-corrected chi connectivity index (χ3v) is 5.09. The van der Waals surface area contributed by atoms with Gasteiger partial charge >= 0.3 is 0 Å². The minimum absolute atomic E-state index is 0.0440. The van der Waals surface area contributed by atoms with Gasteiger partial charge in [-0.05, 0) is 25.1 Å². The lowest BCUT2D eigenvalue weighted by Crippen LogP contribution is -2.24. The first-order chi connectivity index (χ1) is 13.5. The van der Waals surface area contributed by atoms with Gasteiger partial charge in [0.05, 0.1) is 5.69 Å². The molecule has 0 saturated carbocycles. The van der Waals surface area contributed by atoms with Gasteiger partial charge in [0.25, 0.3) is 11.5 Å². The van der Waals surface area contributed by atoms with Gasteiger partial charge in [-0.15, -0.1) is 0 Å². The van der Waals surface area contributed by atoms with Crippen LogP contribution in [0.5, 0.6) is 0 Å². The highest BCUT2D eigenvalue weighted by atomic mass is 35.5. The number of likely N-dealkylation sites (N-methyl/N-ethyl adjacent to an activating group) is 1. The first-order valence-electron chi connectivity index (χ1n) is 8.92. The minimum Gasteiger partial charge on any atom is -0.342 e. The lowest BCUT2D eigenvalue weighted by molar-refractivity contribution is -0.127. The number of carbonyl (C=O) groups excluding carboxylic acids is 2. The summed E-state index contributed by atoms with van der Waals surface area (Å²) in [4.78, 5) is 43.5. The maximum absolute atomic E-state index is 12.7.